The molecule has 0 saturated heterocycles. The van der Waals surface area contributed by atoms with Crippen LogP contribution in [-0.4, -0.2) is 23.2 Å². The minimum absolute atomic E-state index is 0.0855. The zero-order valence-corrected chi connectivity index (χ0v) is 11.0. The first kappa shape index (κ1) is 13.8. The molecule has 17 heavy (non-hydrogen) atoms. The molecule has 4 nitrogen and oxygen atoms in total. The summed E-state index contributed by atoms with van der Waals surface area (Å²) in [5, 5.41) is 12.7. The molecule has 0 saturated carbocycles. The number of nitrogens with zero attached hydrogens (tertiary/aromatic N) is 1. The Morgan fingerprint density at radius 3 is 2.53 bits per heavy atom. The molecule has 0 spiro atoms. The highest BCUT2D eigenvalue weighted by molar-refractivity contribution is 5.61. The van der Waals surface area contributed by atoms with Crippen LogP contribution in [0, 0.1) is 12.3 Å². The van der Waals surface area contributed by atoms with Crippen LogP contribution in [0.3, 0.4) is 0 Å². The van der Waals surface area contributed by atoms with Crippen LogP contribution in [0.25, 0.3) is 0 Å². The largest absolute Gasteiger partial charge is 0.396 e. The van der Waals surface area contributed by atoms with Gasteiger partial charge < -0.3 is 16.2 Å². The normalized spacial score (nSPS) is 11.5. The number of pyridine rings is 1. The molecule has 1 aromatic rings. The first-order valence-electron chi connectivity index (χ1n) is 6.14. The summed E-state index contributed by atoms with van der Waals surface area (Å²) in [4.78, 5) is 4.36. The molecule has 96 valence electrons. The summed E-state index contributed by atoms with van der Waals surface area (Å²) in [6.07, 6.45) is 1.86. The predicted octanol–water partition coefficient (Wildman–Crippen LogP) is 2.18. The second kappa shape index (κ2) is 5.87. The van der Waals surface area contributed by atoms with Crippen LogP contribution in [0.1, 0.15) is 32.4 Å². The van der Waals surface area contributed by atoms with Gasteiger partial charge in [-0.25, -0.2) is 4.98 Å². The summed E-state index contributed by atoms with van der Waals surface area (Å²) in [5.41, 5.74) is 7.35. The predicted molar refractivity (Wildman–Crippen MR) is 72.0 cm³/mol. The van der Waals surface area contributed by atoms with Crippen molar-refractivity contribution in [1.82, 2.24) is 4.98 Å². The highest BCUT2D eigenvalue weighted by atomic mass is 16.3. The van der Waals surface area contributed by atoms with Crippen molar-refractivity contribution in [2.24, 2.45) is 5.41 Å². The second-order valence-corrected chi connectivity index (χ2v) is 4.61. The van der Waals surface area contributed by atoms with E-state index >= 15 is 0 Å². The van der Waals surface area contributed by atoms with Gasteiger partial charge in [-0.15, -0.1) is 0 Å². The number of nitrogens with two attached hydrogens (primary N) is 1. The fourth-order valence-electron chi connectivity index (χ4n) is 1.76. The number of aliphatic hydroxyl groups excluding tert-OH is 1. The van der Waals surface area contributed by atoms with Gasteiger partial charge in [0.05, 0.1) is 12.3 Å². The van der Waals surface area contributed by atoms with E-state index in [0.717, 1.165) is 18.5 Å². The minimum atomic E-state index is -0.0855. The van der Waals surface area contributed by atoms with Crippen molar-refractivity contribution in [1.29, 1.82) is 0 Å². The van der Waals surface area contributed by atoms with E-state index in [1.54, 1.807) is 0 Å². The van der Waals surface area contributed by atoms with E-state index in [1.807, 2.05) is 19.1 Å². The fourth-order valence-corrected chi connectivity index (χ4v) is 1.76. The smallest absolute Gasteiger partial charge is 0.149 e. The molecule has 0 fully saturated rings. The monoisotopic (exact) mass is 237 g/mol. The third-order valence-corrected chi connectivity index (χ3v) is 3.53. The van der Waals surface area contributed by atoms with Crippen LogP contribution in [-0.2, 0) is 0 Å². The molecule has 0 atom stereocenters. The summed E-state index contributed by atoms with van der Waals surface area (Å²) in [5.74, 6) is 0.713. The molecule has 0 aliphatic carbocycles. The summed E-state index contributed by atoms with van der Waals surface area (Å²) in [7, 11) is 0. The second-order valence-electron chi connectivity index (χ2n) is 4.61. The molecule has 0 radical (unpaired) electrons. The Hall–Kier alpha value is -1.29. The van der Waals surface area contributed by atoms with E-state index in [9.17, 15) is 5.11 Å². The molecular weight excluding hydrogens is 214 g/mol. The highest BCUT2D eigenvalue weighted by Gasteiger charge is 2.25. The van der Waals surface area contributed by atoms with Gasteiger partial charge in [-0.2, -0.15) is 0 Å². The van der Waals surface area contributed by atoms with Gasteiger partial charge >= 0.3 is 0 Å². The molecule has 0 aromatic carbocycles. The van der Waals surface area contributed by atoms with Gasteiger partial charge in [-0.05, 0) is 31.9 Å². The van der Waals surface area contributed by atoms with Crippen molar-refractivity contribution in [3.8, 4) is 0 Å². The molecule has 0 unspecified atom stereocenters. The average Bonchev–Trinajstić information content (AvgIpc) is 2.35. The number of nitrogens with one attached hydrogen (secondary N) is 1. The van der Waals surface area contributed by atoms with Gasteiger partial charge in [0.25, 0.3) is 0 Å². The van der Waals surface area contributed by atoms with Crippen LogP contribution >= 0.6 is 0 Å². The molecule has 4 heteroatoms. The lowest BCUT2D eigenvalue weighted by Gasteiger charge is -2.30. The molecule has 0 aliphatic rings. The Labute approximate surface area is 103 Å². The Balaban J connectivity index is 2.75. The Kier molecular flexibility index (Phi) is 4.75. The van der Waals surface area contributed by atoms with E-state index in [0.29, 0.717) is 18.1 Å². The lowest BCUT2D eigenvalue weighted by molar-refractivity contribution is 0.127. The number of rotatable bonds is 6. The SMILES string of the molecule is CCC(CC)(CO)CNc1nc(C)ccc1N. The maximum absolute atomic E-state index is 9.49. The number of aliphatic hydroxyl groups is 1. The first-order valence-corrected chi connectivity index (χ1v) is 6.14. The molecular formula is C13H23N3O. The number of aromatic nitrogens is 1. The van der Waals surface area contributed by atoms with Gasteiger partial charge in [-0.1, -0.05) is 13.8 Å². The Bertz CT molecular complexity index is 353. The number of hydrogen-bond acceptors (Lipinski definition) is 4. The Morgan fingerprint density at radius 1 is 1.35 bits per heavy atom. The van der Waals surface area contributed by atoms with Crippen LogP contribution in [0.15, 0.2) is 12.1 Å². The van der Waals surface area contributed by atoms with Crippen molar-refractivity contribution in [3.63, 3.8) is 0 Å². The summed E-state index contributed by atoms with van der Waals surface area (Å²) in [6, 6.07) is 3.74. The van der Waals surface area contributed by atoms with Gasteiger partial charge in [0.15, 0.2) is 0 Å². The summed E-state index contributed by atoms with van der Waals surface area (Å²) >= 11 is 0. The van der Waals surface area contributed by atoms with Crippen LogP contribution < -0.4 is 11.1 Å². The maximum Gasteiger partial charge on any atom is 0.149 e. The summed E-state index contributed by atoms with van der Waals surface area (Å²) < 4.78 is 0. The zero-order valence-electron chi connectivity index (χ0n) is 11.0. The average molecular weight is 237 g/mol. The fraction of sp³-hybridized carbons (Fsp3) is 0.615. The van der Waals surface area contributed by atoms with Crippen molar-refractivity contribution in [3.05, 3.63) is 17.8 Å². The van der Waals surface area contributed by atoms with Crippen LogP contribution in [0.5, 0.6) is 0 Å². The van der Waals surface area contributed by atoms with Crippen molar-refractivity contribution >= 4 is 11.5 Å². The lowest BCUT2D eigenvalue weighted by atomic mass is 9.83. The third-order valence-electron chi connectivity index (χ3n) is 3.53. The summed E-state index contributed by atoms with van der Waals surface area (Å²) in [6.45, 7) is 6.99. The van der Waals surface area contributed by atoms with Gasteiger partial charge in [0.2, 0.25) is 0 Å². The van der Waals surface area contributed by atoms with Crippen LogP contribution in [0.4, 0.5) is 11.5 Å². The van der Waals surface area contributed by atoms with E-state index in [1.165, 1.54) is 0 Å². The van der Waals surface area contributed by atoms with Crippen molar-refractivity contribution in [2.75, 3.05) is 24.2 Å². The van der Waals surface area contributed by atoms with E-state index in [-0.39, 0.29) is 12.0 Å². The van der Waals surface area contributed by atoms with E-state index in [2.05, 4.69) is 24.1 Å². The third kappa shape index (κ3) is 3.33. The maximum atomic E-state index is 9.49. The highest BCUT2D eigenvalue weighted by Crippen LogP contribution is 2.27. The molecule has 0 bridgehead atoms. The van der Waals surface area contributed by atoms with Gasteiger partial charge in [0.1, 0.15) is 5.82 Å². The minimum Gasteiger partial charge on any atom is -0.396 e. The van der Waals surface area contributed by atoms with E-state index < -0.39 is 0 Å². The number of aryl methyl sites for hydroxylation is 1. The quantitative estimate of drug-likeness (QED) is 0.709. The van der Waals surface area contributed by atoms with Gasteiger partial charge in [-0.3, -0.25) is 0 Å². The van der Waals surface area contributed by atoms with Crippen LogP contribution in [0.2, 0.25) is 0 Å². The molecule has 0 amide bonds. The topological polar surface area (TPSA) is 71.2 Å². The Morgan fingerprint density at radius 2 is 2.00 bits per heavy atom. The van der Waals surface area contributed by atoms with Gasteiger partial charge in [0, 0.05) is 17.7 Å². The lowest BCUT2D eigenvalue weighted by Crippen LogP contribution is -2.32. The number of hydrogen-bond donors (Lipinski definition) is 3. The molecule has 4 N–H and O–H groups in total. The number of nitrogen functional groups attached to an aromatic ring is 1. The van der Waals surface area contributed by atoms with Crippen molar-refractivity contribution in [2.45, 2.75) is 33.6 Å². The van der Waals surface area contributed by atoms with Crippen molar-refractivity contribution < 1.29 is 5.11 Å². The molecule has 0 aliphatic heterocycles. The first-order chi connectivity index (χ1) is 8.06. The standard InChI is InChI=1S/C13H23N3O/c1-4-13(5-2,9-17)8-15-12-11(14)7-6-10(3)16-12/h6-7,17H,4-5,8-9,14H2,1-3H3,(H,15,16). The van der Waals surface area contributed by atoms with E-state index in [4.69, 9.17) is 5.73 Å². The number of anilines is 2. The zero-order chi connectivity index (χ0) is 12.9. The molecule has 1 heterocycles. The molecule has 1 aromatic heterocycles. The molecule has 1 rings (SSSR count).